The smallest absolute Gasteiger partial charge is 0.260 e. The van der Waals surface area contributed by atoms with Gasteiger partial charge in [-0.2, -0.15) is 0 Å². The van der Waals surface area contributed by atoms with E-state index in [-0.39, 0.29) is 12.5 Å². The van der Waals surface area contributed by atoms with E-state index in [9.17, 15) is 4.79 Å². The molecule has 1 aromatic heterocycles. The number of benzene rings is 1. The molecule has 1 amide bonds. The second-order valence-electron chi connectivity index (χ2n) is 5.98. The van der Waals surface area contributed by atoms with Gasteiger partial charge in [0.25, 0.3) is 5.91 Å². The number of nitrogens with zero attached hydrogens (tertiary/aromatic N) is 3. The lowest BCUT2D eigenvalue weighted by atomic mass is 10.3. The second kappa shape index (κ2) is 8.31. The van der Waals surface area contributed by atoms with Crippen molar-refractivity contribution in [2.45, 2.75) is 13.5 Å². The zero-order valence-corrected chi connectivity index (χ0v) is 15.4. The summed E-state index contributed by atoms with van der Waals surface area (Å²) in [6, 6.07) is 7.29. The maximum absolute atomic E-state index is 12.3. The highest BCUT2D eigenvalue weighted by Gasteiger charge is 2.21. The Balaban J connectivity index is 1.43. The standard InChI is InChI=1S/C18H23N3O3S/c1-14-19-15(13-25-14)11-20-6-8-21(9-7-20)18(22)12-24-17-5-3-4-16(10-17)23-2/h3-5,10,13H,6-9,11-12H2,1-2H3. The summed E-state index contributed by atoms with van der Waals surface area (Å²) in [4.78, 5) is 21.0. The molecule has 0 saturated carbocycles. The highest BCUT2D eigenvalue weighted by molar-refractivity contribution is 7.09. The highest BCUT2D eigenvalue weighted by atomic mass is 32.1. The van der Waals surface area contributed by atoms with Crippen molar-refractivity contribution >= 4 is 17.2 Å². The first-order valence-electron chi connectivity index (χ1n) is 8.32. The van der Waals surface area contributed by atoms with E-state index < -0.39 is 0 Å². The second-order valence-corrected chi connectivity index (χ2v) is 7.04. The zero-order valence-electron chi connectivity index (χ0n) is 14.6. The topological polar surface area (TPSA) is 54.9 Å². The third-order valence-electron chi connectivity index (χ3n) is 4.18. The summed E-state index contributed by atoms with van der Waals surface area (Å²) >= 11 is 1.68. The predicted octanol–water partition coefficient (Wildman–Crippen LogP) is 2.18. The Morgan fingerprint density at radius 1 is 1.24 bits per heavy atom. The summed E-state index contributed by atoms with van der Waals surface area (Å²) in [5.41, 5.74) is 1.11. The van der Waals surface area contributed by atoms with E-state index in [1.54, 1.807) is 24.5 Å². The number of piperazine rings is 1. The van der Waals surface area contributed by atoms with Crippen molar-refractivity contribution in [1.82, 2.24) is 14.8 Å². The molecule has 0 spiro atoms. The third kappa shape index (κ3) is 4.93. The molecule has 134 valence electrons. The summed E-state index contributed by atoms with van der Waals surface area (Å²) in [5, 5.41) is 3.20. The highest BCUT2D eigenvalue weighted by Crippen LogP contribution is 2.19. The molecule has 25 heavy (non-hydrogen) atoms. The maximum Gasteiger partial charge on any atom is 0.260 e. The van der Waals surface area contributed by atoms with E-state index in [0.717, 1.165) is 49.2 Å². The molecule has 6 nitrogen and oxygen atoms in total. The van der Waals surface area contributed by atoms with E-state index in [4.69, 9.17) is 9.47 Å². The minimum absolute atomic E-state index is 0.0203. The Bertz CT molecular complexity index is 711. The molecular weight excluding hydrogens is 338 g/mol. The van der Waals surface area contributed by atoms with Gasteiger partial charge in [0.15, 0.2) is 6.61 Å². The van der Waals surface area contributed by atoms with Crippen LogP contribution in [0.25, 0.3) is 0 Å². The van der Waals surface area contributed by atoms with Crippen LogP contribution >= 0.6 is 11.3 Å². The number of ether oxygens (including phenoxy) is 2. The molecule has 1 aromatic carbocycles. The number of amides is 1. The molecule has 1 aliphatic heterocycles. The minimum atomic E-state index is 0.0203. The number of aromatic nitrogens is 1. The van der Waals surface area contributed by atoms with E-state index in [0.29, 0.717) is 5.75 Å². The van der Waals surface area contributed by atoms with Crippen LogP contribution in [0.15, 0.2) is 29.6 Å². The van der Waals surface area contributed by atoms with E-state index in [2.05, 4.69) is 15.3 Å². The van der Waals surface area contributed by atoms with Gasteiger partial charge in [-0.1, -0.05) is 6.07 Å². The van der Waals surface area contributed by atoms with Crippen LogP contribution in [0.4, 0.5) is 0 Å². The number of aryl methyl sites for hydroxylation is 1. The van der Waals surface area contributed by atoms with Crippen LogP contribution in [0.5, 0.6) is 11.5 Å². The molecule has 1 aliphatic rings. The lowest BCUT2D eigenvalue weighted by molar-refractivity contribution is -0.135. The van der Waals surface area contributed by atoms with E-state index in [1.165, 1.54) is 0 Å². The quantitative estimate of drug-likeness (QED) is 0.789. The van der Waals surface area contributed by atoms with E-state index >= 15 is 0 Å². The third-order valence-corrected chi connectivity index (χ3v) is 5.00. The van der Waals surface area contributed by atoms with Crippen molar-refractivity contribution in [1.29, 1.82) is 0 Å². The van der Waals surface area contributed by atoms with Crippen LogP contribution in [-0.2, 0) is 11.3 Å². The fourth-order valence-corrected chi connectivity index (χ4v) is 3.40. The van der Waals surface area contributed by atoms with Crippen LogP contribution < -0.4 is 9.47 Å². The Morgan fingerprint density at radius 3 is 2.68 bits per heavy atom. The monoisotopic (exact) mass is 361 g/mol. The van der Waals surface area contributed by atoms with Gasteiger partial charge in [-0.15, -0.1) is 11.3 Å². The average molecular weight is 361 g/mol. The summed E-state index contributed by atoms with van der Waals surface area (Å²) in [6.07, 6.45) is 0. The number of rotatable bonds is 6. The molecule has 0 atom stereocenters. The zero-order chi connectivity index (χ0) is 17.6. The van der Waals surface area contributed by atoms with Gasteiger partial charge >= 0.3 is 0 Å². The Morgan fingerprint density at radius 2 is 2.00 bits per heavy atom. The van der Waals surface area contributed by atoms with Crippen molar-refractivity contribution < 1.29 is 14.3 Å². The molecule has 0 N–H and O–H groups in total. The van der Waals surface area contributed by atoms with Crippen LogP contribution in [0.1, 0.15) is 10.7 Å². The number of hydrogen-bond donors (Lipinski definition) is 0. The first-order chi connectivity index (χ1) is 12.1. The predicted molar refractivity (Wildman–Crippen MR) is 97.2 cm³/mol. The van der Waals surface area contributed by atoms with Crippen LogP contribution in [0, 0.1) is 6.92 Å². The number of methoxy groups -OCH3 is 1. The van der Waals surface area contributed by atoms with E-state index in [1.807, 2.05) is 30.0 Å². The first-order valence-corrected chi connectivity index (χ1v) is 9.20. The molecule has 1 saturated heterocycles. The molecule has 2 aromatic rings. The number of hydrogen-bond acceptors (Lipinski definition) is 6. The van der Waals surface area contributed by atoms with Crippen LogP contribution in [0.3, 0.4) is 0 Å². The van der Waals surface area contributed by atoms with Gasteiger partial charge in [0, 0.05) is 44.2 Å². The number of carbonyl (C=O) groups is 1. The van der Waals surface area contributed by atoms with Gasteiger partial charge in [0.2, 0.25) is 0 Å². The lowest BCUT2D eigenvalue weighted by Gasteiger charge is -2.34. The minimum Gasteiger partial charge on any atom is -0.497 e. The summed E-state index contributed by atoms with van der Waals surface area (Å²) in [5.74, 6) is 1.38. The molecule has 3 rings (SSSR count). The Kier molecular flexibility index (Phi) is 5.88. The molecule has 0 bridgehead atoms. The summed E-state index contributed by atoms with van der Waals surface area (Å²) in [7, 11) is 1.61. The molecular formula is C18H23N3O3S. The molecule has 0 aliphatic carbocycles. The first kappa shape index (κ1) is 17.7. The van der Waals surface area contributed by atoms with Gasteiger partial charge in [-0.05, 0) is 19.1 Å². The largest absolute Gasteiger partial charge is 0.497 e. The number of thiazole rings is 1. The van der Waals surface area contributed by atoms with Crippen molar-refractivity contribution in [3.05, 3.63) is 40.3 Å². The number of carbonyl (C=O) groups excluding carboxylic acids is 1. The van der Waals surface area contributed by atoms with Crippen molar-refractivity contribution in [3.8, 4) is 11.5 Å². The molecule has 0 radical (unpaired) electrons. The molecule has 2 heterocycles. The van der Waals surface area contributed by atoms with Crippen molar-refractivity contribution in [2.75, 3.05) is 39.9 Å². The SMILES string of the molecule is COc1cccc(OCC(=O)N2CCN(Cc3csc(C)n3)CC2)c1. The average Bonchev–Trinajstić information content (AvgIpc) is 3.05. The van der Waals surface area contributed by atoms with Gasteiger partial charge in [0.1, 0.15) is 11.5 Å². The summed E-state index contributed by atoms with van der Waals surface area (Å²) in [6.45, 7) is 6.11. The normalized spacial score (nSPS) is 15.2. The summed E-state index contributed by atoms with van der Waals surface area (Å²) < 4.78 is 10.8. The van der Waals surface area contributed by atoms with Crippen LogP contribution in [-0.4, -0.2) is 60.6 Å². The fourth-order valence-electron chi connectivity index (χ4n) is 2.79. The molecule has 0 unspecified atom stereocenters. The van der Waals surface area contributed by atoms with Crippen molar-refractivity contribution in [3.63, 3.8) is 0 Å². The Hall–Kier alpha value is -2.12. The lowest BCUT2D eigenvalue weighted by Crippen LogP contribution is -2.49. The Labute approximate surface area is 152 Å². The van der Waals surface area contributed by atoms with Gasteiger partial charge < -0.3 is 14.4 Å². The molecule has 1 fully saturated rings. The van der Waals surface area contributed by atoms with Crippen LogP contribution in [0.2, 0.25) is 0 Å². The van der Waals surface area contributed by atoms with Gasteiger partial charge in [0.05, 0.1) is 17.8 Å². The van der Waals surface area contributed by atoms with Gasteiger partial charge in [-0.25, -0.2) is 4.98 Å². The maximum atomic E-state index is 12.3. The van der Waals surface area contributed by atoms with Gasteiger partial charge in [-0.3, -0.25) is 9.69 Å². The fraction of sp³-hybridized carbons (Fsp3) is 0.444. The molecule has 7 heteroatoms. The van der Waals surface area contributed by atoms with Crippen molar-refractivity contribution in [2.24, 2.45) is 0 Å².